The molecule has 0 N–H and O–H groups in total. The van der Waals surface area contributed by atoms with Crippen LogP contribution in [-0.2, 0) is 12.8 Å². The highest BCUT2D eigenvalue weighted by molar-refractivity contribution is 5.38. The first kappa shape index (κ1) is 36.2. The van der Waals surface area contributed by atoms with Crippen LogP contribution in [-0.4, -0.2) is 76.5 Å². The molecule has 2 aromatic carbocycles. The van der Waals surface area contributed by atoms with E-state index in [0.29, 0.717) is 0 Å². The van der Waals surface area contributed by atoms with Crippen molar-refractivity contribution in [3.8, 4) is 11.5 Å². The number of nitrogens with zero attached hydrogens (tertiary/aromatic N) is 2. The van der Waals surface area contributed by atoms with Gasteiger partial charge in [0.25, 0.3) is 0 Å². The standard InChI is InChI=1S/C38H66N2O2/c1-9-19-35-23-21-33(3)31-37(35)41-29-27-39(5,6)25-17-15-13-11-12-14-16-18-26-40(7,8)28-30-42-38-32-34(4)22-24-36(38)20-10-2/h21-24,31-32H,9-20,25-30H2,1-8H3/q+2. The summed E-state index contributed by atoms with van der Waals surface area (Å²) in [6.07, 6.45) is 15.3. The Hall–Kier alpha value is -2.04. The van der Waals surface area contributed by atoms with Crippen LogP contribution in [0.2, 0.25) is 0 Å². The van der Waals surface area contributed by atoms with Crippen LogP contribution in [0.15, 0.2) is 36.4 Å². The SMILES string of the molecule is CCCc1ccc(C)cc1OCC[N+](C)(C)CCCCCCCCCC[N+](C)(C)CCOc1cc(C)ccc1CCC. The summed E-state index contributed by atoms with van der Waals surface area (Å²) in [4.78, 5) is 0. The maximum absolute atomic E-state index is 6.25. The highest BCUT2D eigenvalue weighted by Gasteiger charge is 2.16. The molecular weight excluding hydrogens is 516 g/mol. The van der Waals surface area contributed by atoms with E-state index >= 15 is 0 Å². The van der Waals surface area contributed by atoms with Gasteiger partial charge in [0.1, 0.15) is 37.8 Å². The Morgan fingerprint density at radius 3 is 1.21 bits per heavy atom. The van der Waals surface area contributed by atoms with Gasteiger partial charge in [-0.05, 0) is 86.8 Å². The normalized spacial score (nSPS) is 12.1. The van der Waals surface area contributed by atoms with Crippen LogP contribution in [0.4, 0.5) is 0 Å². The van der Waals surface area contributed by atoms with Crippen molar-refractivity contribution < 1.29 is 18.4 Å². The maximum atomic E-state index is 6.25. The highest BCUT2D eigenvalue weighted by Crippen LogP contribution is 2.23. The lowest BCUT2D eigenvalue weighted by molar-refractivity contribution is -0.890. The molecule has 0 saturated heterocycles. The first-order chi connectivity index (χ1) is 20.0. The summed E-state index contributed by atoms with van der Waals surface area (Å²) >= 11 is 0. The van der Waals surface area contributed by atoms with Crippen molar-refractivity contribution in [3.63, 3.8) is 0 Å². The van der Waals surface area contributed by atoms with E-state index < -0.39 is 0 Å². The second-order valence-corrected chi connectivity index (χ2v) is 14.0. The fourth-order valence-corrected chi connectivity index (χ4v) is 5.71. The number of aryl methyl sites for hydroxylation is 4. The zero-order chi connectivity index (χ0) is 30.8. The third-order valence-corrected chi connectivity index (χ3v) is 8.67. The molecule has 0 aliphatic heterocycles. The molecule has 4 heteroatoms. The molecule has 0 saturated carbocycles. The maximum Gasteiger partial charge on any atom is 0.137 e. The van der Waals surface area contributed by atoms with Crippen molar-refractivity contribution in [2.45, 2.75) is 105 Å². The van der Waals surface area contributed by atoms with E-state index in [2.05, 4.69) is 92.3 Å². The van der Waals surface area contributed by atoms with Gasteiger partial charge in [-0.25, -0.2) is 0 Å². The first-order valence-corrected chi connectivity index (χ1v) is 17.1. The number of hydrogen-bond acceptors (Lipinski definition) is 2. The molecule has 0 spiro atoms. The van der Waals surface area contributed by atoms with Gasteiger partial charge in [0, 0.05) is 0 Å². The van der Waals surface area contributed by atoms with Gasteiger partial charge in [-0.1, -0.05) is 76.6 Å². The molecule has 0 heterocycles. The second kappa shape index (κ2) is 19.3. The van der Waals surface area contributed by atoms with E-state index in [1.165, 1.54) is 86.7 Å². The van der Waals surface area contributed by atoms with Crippen molar-refractivity contribution in [1.29, 1.82) is 0 Å². The monoisotopic (exact) mass is 583 g/mol. The molecule has 0 bridgehead atoms. The molecule has 0 aromatic heterocycles. The molecule has 0 atom stereocenters. The second-order valence-electron chi connectivity index (χ2n) is 14.0. The number of unbranched alkanes of at least 4 members (excludes halogenated alkanes) is 7. The van der Waals surface area contributed by atoms with E-state index in [1.807, 2.05) is 0 Å². The van der Waals surface area contributed by atoms with Gasteiger partial charge in [0.05, 0.1) is 41.3 Å². The number of quaternary nitrogens is 2. The van der Waals surface area contributed by atoms with Gasteiger partial charge in [0.15, 0.2) is 0 Å². The summed E-state index contributed by atoms with van der Waals surface area (Å²) in [6, 6.07) is 13.3. The third kappa shape index (κ3) is 14.9. The third-order valence-electron chi connectivity index (χ3n) is 8.67. The van der Waals surface area contributed by atoms with Crippen LogP contribution in [0.1, 0.15) is 100 Å². The molecule has 42 heavy (non-hydrogen) atoms. The number of likely N-dealkylation sites (N-methyl/N-ethyl adjacent to an activating group) is 2. The minimum atomic E-state index is 0.794. The van der Waals surface area contributed by atoms with Gasteiger partial charge < -0.3 is 18.4 Å². The predicted octanol–water partition coefficient (Wildman–Crippen LogP) is 8.94. The molecule has 2 rings (SSSR count). The topological polar surface area (TPSA) is 18.5 Å². The Labute approximate surface area is 260 Å². The zero-order valence-electron chi connectivity index (χ0n) is 28.9. The largest absolute Gasteiger partial charge is 0.487 e. The predicted molar refractivity (Wildman–Crippen MR) is 182 cm³/mol. The highest BCUT2D eigenvalue weighted by atomic mass is 16.5. The van der Waals surface area contributed by atoms with Crippen LogP contribution in [0.25, 0.3) is 0 Å². The van der Waals surface area contributed by atoms with Crippen molar-refractivity contribution in [1.82, 2.24) is 0 Å². The lowest BCUT2D eigenvalue weighted by atomic mass is 10.1. The smallest absolute Gasteiger partial charge is 0.137 e. The molecule has 0 amide bonds. The number of ether oxygens (including phenoxy) is 2. The van der Waals surface area contributed by atoms with E-state index in [4.69, 9.17) is 9.47 Å². The van der Waals surface area contributed by atoms with E-state index in [-0.39, 0.29) is 0 Å². The van der Waals surface area contributed by atoms with Crippen molar-refractivity contribution in [2.75, 3.05) is 67.6 Å². The average Bonchev–Trinajstić information content (AvgIpc) is 2.92. The van der Waals surface area contributed by atoms with Crippen molar-refractivity contribution in [3.05, 3.63) is 58.7 Å². The number of benzene rings is 2. The number of rotatable bonds is 23. The molecule has 238 valence electrons. The summed E-state index contributed by atoms with van der Waals surface area (Å²) in [6.45, 7) is 15.0. The summed E-state index contributed by atoms with van der Waals surface area (Å²) in [5, 5.41) is 0. The average molecular weight is 583 g/mol. The van der Waals surface area contributed by atoms with Crippen LogP contribution in [0.5, 0.6) is 11.5 Å². The molecular formula is C38H66N2O2+2. The number of hydrogen-bond donors (Lipinski definition) is 0. The minimum Gasteiger partial charge on any atom is -0.487 e. The zero-order valence-corrected chi connectivity index (χ0v) is 28.9. The lowest BCUT2D eigenvalue weighted by Gasteiger charge is -2.30. The summed E-state index contributed by atoms with van der Waals surface area (Å²) in [5.41, 5.74) is 5.25. The van der Waals surface area contributed by atoms with Crippen LogP contribution in [0, 0.1) is 13.8 Å². The Balaban J connectivity index is 1.50. The van der Waals surface area contributed by atoms with Gasteiger partial charge in [-0.3, -0.25) is 0 Å². The van der Waals surface area contributed by atoms with E-state index in [9.17, 15) is 0 Å². The van der Waals surface area contributed by atoms with Crippen LogP contribution in [0.3, 0.4) is 0 Å². The molecule has 0 unspecified atom stereocenters. The van der Waals surface area contributed by atoms with Gasteiger partial charge in [-0.15, -0.1) is 0 Å². The van der Waals surface area contributed by atoms with Crippen molar-refractivity contribution >= 4 is 0 Å². The molecule has 2 aromatic rings. The summed E-state index contributed by atoms with van der Waals surface area (Å²) < 4.78 is 14.6. The molecule has 0 aliphatic carbocycles. The lowest BCUT2D eigenvalue weighted by Crippen LogP contribution is -2.43. The van der Waals surface area contributed by atoms with Crippen LogP contribution < -0.4 is 9.47 Å². The van der Waals surface area contributed by atoms with Gasteiger partial charge in [-0.2, -0.15) is 0 Å². The van der Waals surface area contributed by atoms with Crippen molar-refractivity contribution in [2.24, 2.45) is 0 Å². The summed E-state index contributed by atoms with van der Waals surface area (Å²) in [7, 11) is 9.41. The van der Waals surface area contributed by atoms with E-state index in [0.717, 1.165) is 72.5 Å². The molecule has 4 nitrogen and oxygen atoms in total. The minimum absolute atomic E-state index is 0.794. The fourth-order valence-electron chi connectivity index (χ4n) is 5.71. The van der Waals surface area contributed by atoms with Crippen LogP contribution >= 0.6 is 0 Å². The Kier molecular flexibility index (Phi) is 16.6. The first-order valence-electron chi connectivity index (χ1n) is 17.1. The quantitative estimate of drug-likeness (QED) is 0.0962. The van der Waals surface area contributed by atoms with Gasteiger partial charge in [0.2, 0.25) is 0 Å². The molecule has 0 aliphatic rings. The van der Waals surface area contributed by atoms with Gasteiger partial charge >= 0.3 is 0 Å². The fraction of sp³-hybridized carbons (Fsp3) is 0.684. The Morgan fingerprint density at radius 1 is 0.500 bits per heavy atom. The molecule has 0 radical (unpaired) electrons. The van der Waals surface area contributed by atoms with E-state index in [1.54, 1.807) is 0 Å². The Bertz CT molecular complexity index is 933. The molecule has 0 fully saturated rings. The summed E-state index contributed by atoms with van der Waals surface area (Å²) in [5.74, 6) is 2.18. The Morgan fingerprint density at radius 2 is 0.857 bits per heavy atom.